The highest BCUT2D eigenvalue weighted by molar-refractivity contribution is 5.07. The minimum Gasteiger partial charge on any atom is -0.366 e. The van der Waals surface area contributed by atoms with Gasteiger partial charge in [0, 0.05) is 0 Å². The predicted molar refractivity (Wildman–Crippen MR) is 75.0 cm³/mol. The minimum absolute atomic E-state index is 0.260. The van der Waals surface area contributed by atoms with E-state index in [4.69, 9.17) is 9.47 Å². The Bertz CT molecular complexity index is 381. The first kappa shape index (κ1) is 12.6. The van der Waals surface area contributed by atoms with Crippen LogP contribution < -0.4 is 0 Å². The van der Waals surface area contributed by atoms with E-state index in [0.29, 0.717) is 12.2 Å². The molecule has 0 radical (unpaired) electrons. The number of hydrogen-bond donors (Lipinski definition) is 0. The third kappa shape index (κ3) is 1.98. The SMILES string of the molecule is CCC(C1CCC2(C)OC2C1)C1CCC2OC2(C)C1. The van der Waals surface area contributed by atoms with Gasteiger partial charge >= 0.3 is 0 Å². The van der Waals surface area contributed by atoms with E-state index < -0.39 is 0 Å². The Labute approximate surface area is 117 Å². The van der Waals surface area contributed by atoms with Crippen molar-refractivity contribution < 1.29 is 9.47 Å². The van der Waals surface area contributed by atoms with Crippen LogP contribution in [0, 0.1) is 17.8 Å². The highest BCUT2D eigenvalue weighted by atomic mass is 16.6. The summed E-state index contributed by atoms with van der Waals surface area (Å²) in [6, 6.07) is 0. The van der Waals surface area contributed by atoms with Crippen molar-refractivity contribution >= 4 is 0 Å². The molecule has 2 heteroatoms. The summed E-state index contributed by atoms with van der Waals surface area (Å²) < 4.78 is 11.8. The van der Waals surface area contributed by atoms with Gasteiger partial charge in [-0.05, 0) is 70.1 Å². The molecule has 2 aliphatic carbocycles. The first-order valence-corrected chi connectivity index (χ1v) is 8.40. The van der Waals surface area contributed by atoms with Gasteiger partial charge in [-0.25, -0.2) is 0 Å². The fourth-order valence-corrected chi connectivity index (χ4v) is 5.30. The van der Waals surface area contributed by atoms with Crippen molar-refractivity contribution in [3.8, 4) is 0 Å². The number of hydrogen-bond acceptors (Lipinski definition) is 2. The van der Waals surface area contributed by atoms with Gasteiger partial charge in [0.15, 0.2) is 0 Å². The fourth-order valence-electron chi connectivity index (χ4n) is 5.30. The largest absolute Gasteiger partial charge is 0.366 e. The molecule has 4 aliphatic rings. The van der Waals surface area contributed by atoms with Gasteiger partial charge in [-0.2, -0.15) is 0 Å². The van der Waals surface area contributed by atoms with Gasteiger partial charge < -0.3 is 9.47 Å². The van der Waals surface area contributed by atoms with E-state index in [1.807, 2.05) is 0 Å². The van der Waals surface area contributed by atoms with E-state index in [9.17, 15) is 0 Å². The van der Waals surface area contributed by atoms with Crippen LogP contribution in [0.2, 0.25) is 0 Å². The molecule has 2 saturated heterocycles. The molecule has 0 aromatic carbocycles. The zero-order chi connectivity index (χ0) is 13.3. The molecule has 19 heavy (non-hydrogen) atoms. The molecule has 0 amide bonds. The average Bonchev–Trinajstić information content (AvgIpc) is 3.22. The lowest BCUT2D eigenvalue weighted by molar-refractivity contribution is 0.131. The number of ether oxygens (including phenoxy) is 2. The Morgan fingerprint density at radius 2 is 1.79 bits per heavy atom. The molecule has 7 unspecified atom stereocenters. The molecule has 0 spiro atoms. The van der Waals surface area contributed by atoms with Crippen LogP contribution in [-0.2, 0) is 9.47 Å². The molecule has 0 aromatic rings. The Hall–Kier alpha value is -0.0800. The Kier molecular flexibility index (Phi) is 2.65. The lowest BCUT2D eigenvalue weighted by Crippen LogP contribution is -2.34. The first-order valence-electron chi connectivity index (χ1n) is 8.40. The van der Waals surface area contributed by atoms with Crippen LogP contribution in [0.3, 0.4) is 0 Å². The highest BCUT2D eigenvalue weighted by Gasteiger charge is 2.59. The standard InChI is InChI=1S/C17H28O2/c1-4-13(11-7-8-16(2)15(9-11)19-16)12-5-6-14-17(3,10-12)18-14/h11-15H,4-10H2,1-3H3. The molecule has 2 saturated carbocycles. The lowest BCUT2D eigenvalue weighted by atomic mass is 9.66. The summed E-state index contributed by atoms with van der Waals surface area (Å²) in [5.74, 6) is 2.73. The number of epoxide rings is 2. The monoisotopic (exact) mass is 264 g/mol. The van der Waals surface area contributed by atoms with E-state index in [2.05, 4.69) is 20.8 Å². The van der Waals surface area contributed by atoms with Gasteiger partial charge in [-0.15, -0.1) is 0 Å². The number of rotatable bonds is 3. The molecule has 0 N–H and O–H groups in total. The molecule has 0 bridgehead atoms. The predicted octanol–water partition coefficient (Wildman–Crippen LogP) is 3.93. The van der Waals surface area contributed by atoms with Crippen LogP contribution in [0.5, 0.6) is 0 Å². The molecular weight excluding hydrogens is 236 g/mol. The van der Waals surface area contributed by atoms with Crippen LogP contribution in [0.1, 0.15) is 65.7 Å². The first-order chi connectivity index (χ1) is 9.04. The molecule has 2 heterocycles. The van der Waals surface area contributed by atoms with E-state index in [0.717, 1.165) is 17.8 Å². The van der Waals surface area contributed by atoms with Gasteiger partial charge in [0.05, 0.1) is 23.4 Å². The molecule has 4 fully saturated rings. The Morgan fingerprint density at radius 3 is 2.47 bits per heavy atom. The molecule has 2 aliphatic heterocycles. The van der Waals surface area contributed by atoms with E-state index in [1.54, 1.807) is 0 Å². The summed E-state index contributed by atoms with van der Waals surface area (Å²) in [6.45, 7) is 7.03. The van der Waals surface area contributed by atoms with Crippen molar-refractivity contribution in [2.45, 2.75) is 89.1 Å². The van der Waals surface area contributed by atoms with E-state index in [-0.39, 0.29) is 11.2 Å². The summed E-state index contributed by atoms with van der Waals surface area (Å²) >= 11 is 0. The van der Waals surface area contributed by atoms with Crippen LogP contribution in [-0.4, -0.2) is 23.4 Å². The molecule has 0 aromatic heterocycles. The Morgan fingerprint density at radius 1 is 1.00 bits per heavy atom. The molecule has 4 rings (SSSR count). The van der Waals surface area contributed by atoms with Gasteiger partial charge in [0.1, 0.15) is 0 Å². The maximum absolute atomic E-state index is 5.90. The molecule has 2 nitrogen and oxygen atoms in total. The van der Waals surface area contributed by atoms with Gasteiger partial charge in [0.25, 0.3) is 0 Å². The molecule has 108 valence electrons. The summed E-state index contributed by atoms with van der Waals surface area (Å²) in [4.78, 5) is 0. The summed E-state index contributed by atoms with van der Waals surface area (Å²) in [7, 11) is 0. The Balaban J connectivity index is 1.43. The smallest absolute Gasteiger partial charge is 0.0923 e. The lowest BCUT2D eigenvalue weighted by Gasteiger charge is -2.37. The van der Waals surface area contributed by atoms with Crippen molar-refractivity contribution in [2.75, 3.05) is 0 Å². The second-order valence-electron chi connectivity index (χ2n) is 7.99. The van der Waals surface area contributed by atoms with Crippen molar-refractivity contribution in [1.29, 1.82) is 0 Å². The quantitative estimate of drug-likeness (QED) is 0.722. The minimum atomic E-state index is 0.260. The van der Waals surface area contributed by atoms with Crippen LogP contribution in [0.25, 0.3) is 0 Å². The van der Waals surface area contributed by atoms with Gasteiger partial charge in [0.2, 0.25) is 0 Å². The third-order valence-electron chi connectivity index (χ3n) is 6.75. The summed E-state index contributed by atoms with van der Waals surface area (Å²) in [5.41, 5.74) is 0.535. The van der Waals surface area contributed by atoms with Crippen molar-refractivity contribution in [3.05, 3.63) is 0 Å². The zero-order valence-electron chi connectivity index (χ0n) is 12.7. The molecule has 7 atom stereocenters. The second kappa shape index (κ2) is 3.98. The summed E-state index contributed by atoms with van der Waals surface area (Å²) in [6.07, 6.45) is 10.6. The highest BCUT2D eigenvalue weighted by Crippen LogP contribution is 2.56. The third-order valence-corrected chi connectivity index (χ3v) is 6.75. The summed E-state index contributed by atoms with van der Waals surface area (Å²) in [5, 5.41) is 0. The fraction of sp³-hybridized carbons (Fsp3) is 1.00. The topological polar surface area (TPSA) is 25.1 Å². The van der Waals surface area contributed by atoms with Crippen LogP contribution in [0.15, 0.2) is 0 Å². The van der Waals surface area contributed by atoms with Crippen molar-refractivity contribution in [1.82, 2.24) is 0 Å². The average molecular weight is 264 g/mol. The normalized spacial score (nSPS) is 57.0. The van der Waals surface area contributed by atoms with Gasteiger partial charge in [-0.3, -0.25) is 0 Å². The van der Waals surface area contributed by atoms with E-state index >= 15 is 0 Å². The van der Waals surface area contributed by atoms with Crippen LogP contribution >= 0.6 is 0 Å². The molecular formula is C17H28O2. The second-order valence-corrected chi connectivity index (χ2v) is 7.99. The van der Waals surface area contributed by atoms with Crippen molar-refractivity contribution in [3.63, 3.8) is 0 Å². The van der Waals surface area contributed by atoms with Crippen molar-refractivity contribution in [2.24, 2.45) is 17.8 Å². The van der Waals surface area contributed by atoms with E-state index in [1.165, 1.54) is 44.9 Å². The maximum Gasteiger partial charge on any atom is 0.0923 e. The zero-order valence-corrected chi connectivity index (χ0v) is 12.7. The maximum atomic E-state index is 5.90. The van der Waals surface area contributed by atoms with Gasteiger partial charge in [-0.1, -0.05) is 13.3 Å². The number of fused-ring (bicyclic) bond motifs is 2. The van der Waals surface area contributed by atoms with Crippen LogP contribution in [0.4, 0.5) is 0 Å².